The van der Waals surface area contributed by atoms with Gasteiger partial charge in [0.2, 0.25) is 10.0 Å². The Morgan fingerprint density at radius 2 is 2.04 bits per heavy atom. The van der Waals surface area contributed by atoms with Crippen LogP contribution < -0.4 is 10.5 Å². The number of aliphatic imine (C=N–C) groups is 1. The summed E-state index contributed by atoms with van der Waals surface area (Å²) in [6.45, 7) is 5.45. The summed E-state index contributed by atoms with van der Waals surface area (Å²) in [6.07, 6.45) is 6.61. The molecule has 1 saturated carbocycles. The van der Waals surface area contributed by atoms with Gasteiger partial charge in [-0.1, -0.05) is 25.0 Å². The number of hydrogen-bond donors (Lipinski definition) is 2. The average molecular weight is 492 g/mol. The topological polar surface area (TPSA) is 87.8 Å². The maximum atomic E-state index is 11.5. The van der Waals surface area contributed by atoms with Crippen molar-refractivity contribution < 1.29 is 8.42 Å². The summed E-state index contributed by atoms with van der Waals surface area (Å²) in [7, 11) is -3.68. The number of nitrogens with one attached hydrogen (secondary N) is 1. The van der Waals surface area contributed by atoms with Crippen LogP contribution in [0.1, 0.15) is 44.6 Å². The van der Waals surface area contributed by atoms with E-state index in [4.69, 9.17) is 10.1 Å². The molecule has 0 bridgehead atoms. The third-order valence-corrected chi connectivity index (χ3v) is 6.29. The lowest BCUT2D eigenvalue weighted by Gasteiger charge is -2.26. The molecule has 1 aromatic rings. The van der Waals surface area contributed by atoms with E-state index in [9.17, 15) is 8.42 Å². The minimum atomic E-state index is -3.68. The predicted octanol–water partition coefficient (Wildman–Crippen LogP) is 2.68. The van der Waals surface area contributed by atoms with E-state index in [0.29, 0.717) is 12.0 Å². The summed E-state index contributed by atoms with van der Waals surface area (Å²) in [6, 6.07) is 6.70. The number of guanidine groups is 1. The molecule has 3 rings (SSSR count). The van der Waals surface area contributed by atoms with Crippen molar-refractivity contribution in [2.75, 3.05) is 19.6 Å². The Labute approximate surface area is 173 Å². The Bertz CT molecular complexity index is 745. The monoisotopic (exact) mass is 492 g/mol. The number of sulfonamides is 1. The molecule has 1 spiro atoms. The Balaban J connectivity index is 0.00000243. The lowest BCUT2D eigenvalue weighted by atomic mass is 9.86. The van der Waals surface area contributed by atoms with Gasteiger partial charge in [0.05, 0.1) is 11.4 Å². The number of likely N-dealkylation sites (tertiary alicyclic amines) is 1. The van der Waals surface area contributed by atoms with E-state index in [1.807, 2.05) is 6.07 Å². The van der Waals surface area contributed by atoms with Crippen molar-refractivity contribution in [3.63, 3.8) is 0 Å². The molecule has 1 saturated heterocycles. The second-order valence-corrected chi connectivity index (χ2v) is 8.80. The van der Waals surface area contributed by atoms with E-state index in [0.717, 1.165) is 31.2 Å². The largest absolute Gasteiger partial charge is 0.357 e. The number of halogens is 1. The fraction of sp³-hybridized carbons (Fsp3) is 0.611. The van der Waals surface area contributed by atoms with Crippen molar-refractivity contribution in [1.82, 2.24) is 10.2 Å². The van der Waals surface area contributed by atoms with Gasteiger partial charge in [0.15, 0.2) is 5.96 Å². The molecule has 0 aromatic heterocycles. The molecule has 26 heavy (non-hydrogen) atoms. The quantitative estimate of drug-likeness (QED) is 0.385. The zero-order chi connectivity index (χ0) is 17.9. The molecular weight excluding hydrogens is 463 g/mol. The standard InChI is InChI=1S/C18H28N4O2S.HI/c1-2-20-17(22-11-10-18(14-22)8-3-4-9-18)21-13-15-6-5-7-16(12-15)25(19,23)24;/h5-7,12H,2-4,8-11,13-14H2,1H3,(H,20,21)(H2,19,23,24);1H. The van der Waals surface area contributed by atoms with Crippen molar-refractivity contribution in [1.29, 1.82) is 0 Å². The first kappa shape index (κ1) is 21.4. The van der Waals surface area contributed by atoms with Crippen molar-refractivity contribution in [3.8, 4) is 0 Å². The molecule has 1 aliphatic heterocycles. The molecule has 8 heteroatoms. The number of nitrogens with two attached hydrogens (primary N) is 1. The van der Waals surface area contributed by atoms with Gasteiger partial charge in [-0.05, 0) is 49.3 Å². The van der Waals surface area contributed by atoms with Gasteiger partial charge in [-0.15, -0.1) is 24.0 Å². The van der Waals surface area contributed by atoms with Crippen LogP contribution in [0.3, 0.4) is 0 Å². The Hall–Kier alpha value is -0.870. The molecule has 0 amide bonds. The highest BCUT2D eigenvalue weighted by atomic mass is 127. The van der Waals surface area contributed by atoms with Crippen LogP contribution >= 0.6 is 24.0 Å². The normalized spacial score (nSPS) is 19.6. The van der Waals surface area contributed by atoms with Crippen molar-refractivity contribution in [2.24, 2.45) is 15.5 Å². The molecule has 6 nitrogen and oxygen atoms in total. The van der Waals surface area contributed by atoms with Gasteiger partial charge in [-0.25, -0.2) is 18.5 Å². The zero-order valence-corrected chi connectivity index (χ0v) is 18.4. The summed E-state index contributed by atoms with van der Waals surface area (Å²) in [5.41, 5.74) is 1.33. The van der Waals surface area contributed by atoms with Crippen LogP contribution in [0.25, 0.3) is 0 Å². The highest BCUT2D eigenvalue weighted by Gasteiger charge is 2.41. The third-order valence-electron chi connectivity index (χ3n) is 5.38. The predicted molar refractivity (Wildman–Crippen MR) is 115 cm³/mol. The fourth-order valence-corrected chi connectivity index (χ4v) is 4.65. The number of nitrogens with zero attached hydrogens (tertiary/aromatic N) is 2. The van der Waals surface area contributed by atoms with Gasteiger partial charge in [0, 0.05) is 19.6 Å². The first-order valence-corrected chi connectivity index (χ1v) is 10.6. The van der Waals surface area contributed by atoms with Gasteiger partial charge in [-0.2, -0.15) is 0 Å². The number of hydrogen-bond acceptors (Lipinski definition) is 3. The van der Waals surface area contributed by atoms with E-state index in [1.54, 1.807) is 12.1 Å². The summed E-state index contributed by atoms with van der Waals surface area (Å²) in [4.78, 5) is 7.23. The Morgan fingerprint density at radius 3 is 2.69 bits per heavy atom. The van der Waals surface area contributed by atoms with E-state index in [2.05, 4.69) is 17.1 Å². The van der Waals surface area contributed by atoms with E-state index >= 15 is 0 Å². The molecule has 146 valence electrons. The summed E-state index contributed by atoms with van der Waals surface area (Å²) in [5, 5.41) is 8.59. The molecule has 0 radical (unpaired) electrons. The maximum Gasteiger partial charge on any atom is 0.238 e. The molecular formula is C18H29IN4O2S. The SMILES string of the molecule is CCNC(=NCc1cccc(S(N)(=O)=O)c1)N1CCC2(CCCC2)C1.I. The first-order chi connectivity index (χ1) is 11.9. The zero-order valence-electron chi connectivity index (χ0n) is 15.3. The molecule has 3 N–H and O–H groups in total. The van der Waals surface area contributed by atoms with Crippen LogP contribution in [0.5, 0.6) is 0 Å². The van der Waals surface area contributed by atoms with Crippen LogP contribution in [0.4, 0.5) is 0 Å². The minimum absolute atomic E-state index is 0. The molecule has 0 atom stereocenters. The number of rotatable bonds is 4. The maximum absolute atomic E-state index is 11.5. The molecule has 2 fully saturated rings. The van der Waals surface area contributed by atoms with Gasteiger partial charge in [0.1, 0.15) is 0 Å². The van der Waals surface area contributed by atoms with Crippen LogP contribution in [0, 0.1) is 5.41 Å². The van der Waals surface area contributed by atoms with Gasteiger partial charge in [0.25, 0.3) is 0 Å². The van der Waals surface area contributed by atoms with Crippen LogP contribution in [0.2, 0.25) is 0 Å². The molecule has 2 aliphatic rings. The summed E-state index contributed by atoms with van der Waals surface area (Å²) >= 11 is 0. The van der Waals surface area contributed by atoms with Gasteiger partial charge < -0.3 is 10.2 Å². The van der Waals surface area contributed by atoms with Crippen molar-refractivity contribution >= 4 is 40.0 Å². The lowest BCUT2D eigenvalue weighted by Crippen LogP contribution is -2.41. The third kappa shape index (κ3) is 5.10. The number of benzene rings is 1. The van der Waals surface area contributed by atoms with Gasteiger partial charge in [-0.3, -0.25) is 0 Å². The summed E-state index contributed by atoms with van der Waals surface area (Å²) < 4.78 is 23.0. The number of primary sulfonamides is 1. The van der Waals surface area contributed by atoms with E-state index in [1.165, 1.54) is 38.2 Å². The second-order valence-electron chi connectivity index (χ2n) is 7.24. The molecule has 1 aromatic carbocycles. The Kier molecular flexibility index (Phi) is 7.32. The van der Waals surface area contributed by atoms with Crippen molar-refractivity contribution in [3.05, 3.63) is 29.8 Å². The smallest absolute Gasteiger partial charge is 0.238 e. The highest BCUT2D eigenvalue weighted by Crippen LogP contribution is 2.45. The molecule has 1 aliphatic carbocycles. The Morgan fingerprint density at radius 1 is 1.31 bits per heavy atom. The highest BCUT2D eigenvalue weighted by molar-refractivity contribution is 14.0. The average Bonchev–Trinajstić information content (AvgIpc) is 3.21. The van der Waals surface area contributed by atoms with Crippen LogP contribution in [-0.4, -0.2) is 38.9 Å². The molecule has 0 unspecified atom stereocenters. The van der Waals surface area contributed by atoms with Crippen LogP contribution in [0.15, 0.2) is 34.2 Å². The fourth-order valence-electron chi connectivity index (χ4n) is 4.06. The summed E-state index contributed by atoms with van der Waals surface area (Å²) in [5.74, 6) is 0.923. The minimum Gasteiger partial charge on any atom is -0.357 e. The van der Waals surface area contributed by atoms with Crippen LogP contribution in [-0.2, 0) is 16.6 Å². The lowest BCUT2D eigenvalue weighted by molar-refractivity contribution is 0.309. The van der Waals surface area contributed by atoms with E-state index in [-0.39, 0.29) is 28.9 Å². The first-order valence-electron chi connectivity index (χ1n) is 9.07. The second kappa shape index (κ2) is 8.88. The van der Waals surface area contributed by atoms with Gasteiger partial charge >= 0.3 is 0 Å². The van der Waals surface area contributed by atoms with Crippen molar-refractivity contribution in [2.45, 2.75) is 50.5 Å². The van der Waals surface area contributed by atoms with E-state index < -0.39 is 10.0 Å². The molecule has 1 heterocycles.